The van der Waals surface area contributed by atoms with Crippen LogP contribution in [0, 0.1) is 18.3 Å². The third kappa shape index (κ3) is 3.86. The molecular weight excluding hydrogens is 393 g/mol. The summed E-state index contributed by atoms with van der Waals surface area (Å²) in [4.78, 5) is 20.3. The number of amides is 1. The first-order valence-electron chi connectivity index (χ1n) is 7.96. The van der Waals surface area contributed by atoms with Crippen LogP contribution in [0.5, 0.6) is 0 Å². The molecule has 0 aliphatic carbocycles. The molecule has 3 aromatic heterocycles. The minimum atomic E-state index is -4.61. The van der Waals surface area contributed by atoms with E-state index in [9.17, 15) is 18.0 Å². The van der Waals surface area contributed by atoms with Gasteiger partial charge in [0.15, 0.2) is 11.6 Å². The van der Waals surface area contributed by atoms with Gasteiger partial charge in [-0.15, -0.1) is 16.4 Å². The van der Waals surface area contributed by atoms with Gasteiger partial charge in [0.25, 0.3) is 5.91 Å². The van der Waals surface area contributed by atoms with Crippen LogP contribution in [-0.4, -0.2) is 25.7 Å². The molecule has 0 saturated carbocycles. The van der Waals surface area contributed by atoms with Crippen LogP contribution in [0.4, 0.5) is 13.2 Å². The third-order valence-electron chi connectivity index (χ3n) is 3.74. The minimum Gasteiger partial charge on any atom is -0.342 e. The maximum Gasteiger partial charge on any atom is 0.417 e. The van der Waals surface area contributed by atoms with E-state index >= 15 is 0 Å². The first-order valence-corrected chi connectivity index (χ1v) is 8.84. The van der Waals surface area contributed by atoms with Crippen molar-refractivity contribution in [3.63, 3.8) is 0 Å². The van der Waals surface area contributed by atoms with E-state index in [1.807, 2.05) is 6.07 Å². The van der Waals surface area contributed by atoms with Crippen LogP contribution in [-0.2, 0) is 6.18 Å². The van der Waals surface area contributed by atoms with Crippen LogP contribution in [0.15, 0.2) is 29.8 Å². The topological polar surface area (TPSA) is 96.5 Å². The Balaban J connectivity index is 1.88. The number of halogens is 3. The predicted molar refractivity (Wildman–Crippen MR) is 93.8 cm³/mol. The fourth-order valence-corrected chi connectivity index (χ4v) is 3.31. The number of aryl methyl sites for hydroxylation is 1. The summed E-state index contributed by atoms with van der Waals surface area (Å²) in [5.74, 6) is 0.208. The molecule has 1 amide bonds. The van der Waals surface area contributed by atoms with Gasteiger partial charge >= 0.3 is 6.18 Å². The zero-order valence-electron chi connectivity index (χ0n) is 14.7. The highest BCUT2D eigenvalue weighted by molar-refractivity contribution is 7.12. The van der Waals surface area contributed by atoms with Gasteiger partial charge in [0.05, 0.1) is 17.2 Å². The van der Waals surface area contributed by atoms with Gasteiger partial charge in [-0.1, -0.05) is 0 Å². The fraction of sp³-hybridized carbons (Fsp3) is 0.235. The number of nitrogens with zero attached hydrogens (tertiary/aromatic N) is 5. The van der Waals surface area contributed by atoms with E-state index < -0.39 is 28.6 Å². The van der Waals surface area contributed by atoms with Crippen molar-refractivity contribution in [1.29, 1.82) is 5.26 Å². The Bertz CT molecular complexity index is 1050. The Kier molecular flexibility index (Phi) is 5.15. The summed E-state index contributed by atoms with van der Waals surface area (Å²) in [6.45, 7) is 3.22. The summed E-state index contributed by atoms with van der Waals surface area (Å²) >= 11 is 0.714. The standard InChI is InChI=1S/C17H13F3N6OS/c1-9(23-16(27)14-12(5-6-28-14)17(18,19)20)15-24-10(2)25-26(15)13-4-3-11(7-21)8-22-13/h3-6,8-9H,1-2H3,(H,23,27)/t9-/m0/s1. The van der Waals surface area contributed by atoms with Crippen molar-refractivity contribution < 1.29 is 18.0 Å². The molecule has 144 valence electrons. The van der Waals surface area contributed by atoms with Crippen LogP contribution in [0.25, 0.3) is 5.82 Å². The van der Waals surface area contributed by atoms with Gasteiger partial charge in [0, 0.05) is 6.20 Å². The molecule has 3 heterocycles. The fourth-order valence-electron chi connectivity index (χ4n) is 2.49. The van der Waals surface area contributed by atoms with Gasteiger partial charge in [-0.2, -0.15) is 23.1 Å². The van der Waals surface area contributed by atoms with Crippen molar-refractivity contribution in [3.8, 4) is 11.9 Å². The number of hydrogen-bond acceptors (Lipinski definition) is 6. The van der Waals surface area contributed by atoms with Crippen molar-refractivity contribution in [3.05, 3.63) is 57.4 Å². The summed E-state index contributed by atoms with van der Waals surface area (Å²) in [5.41, 5.74) is -0.616. The molecule has 0 aliphatic heterocycles. The molecule has 28 heavy (non-hydrogen) atoms. The lowest BCUT2D eigenvalue weighted by atomic mass is 10.2. The molecule has 11 heteroatoms. The summed E-state index contributed by atoms with van der Waals surface area (Å²) in [7, 11) is 0. The zero-order valence-corrected chi connectivity index (χ0v) is 15.5. The van der Waals surface area contributed by atoms with E-state index in [-0.39, 0.29) is 0 Å². The maximum atomic E-state index is 13.0. The van der Waals surface area contributed by atoms with Gasteiger partial charge in [0.2, 0.25) is 0 Å². The van der Waals surface area contributed by atoms with Crippen LogP contribution in [0.2, 0.25) is 0 Å². The molecule has 1 N–H and O–H groups in total. The number of thiophene rings is 1. The van der Waals surface area contributed by atoms with Crippen LogP contribution in [0.3, 0.4) is 0 Å². The molecule has 3 rings (SSSR count). The minimum absolute atomic E-state index is 0.299. The molecule has 0 bridgehead atoms. The van der Waals surface area contributed by atoms with E-state index in [0.717, 1.165) is 6.07 Å². The van der Waals surface area contributed by atoms with E-state index in [1.165, 1.54) is 16.3 Å². The van der Waals surface area contributed by atoms with Crippen molar-refractivity contribution in [2.75, 3.05) is 0 Å². The normalized spacial score (nSPS) is 12.4. The number of alkyl halides is 3. The van der Waals surface area contributed by atoms with Gasteiger partial charge < -0.3 is 5.32 Å². The summed E-state index contributed by atoms with van der Waals surface area (Å²) in [6, 6.07) is 5.19. The Labute approximate surface area is 161 Å². The summed E-state index contributed by atoms with van der Waals surface area (Å²) in [5, 5.41) is 16.8. The van der Waals surface area contributed by atoms with Gasteiger partial charge in [-0.05, 0) is 37.4 Å². The molecule has 0 aromatic carbocycles. The smallest absolute Gasteiger partial charge is 0.342 e. The lowest BCUT2D eigenvalue weighted by Gasteiger charge is -2.15. The first kappa shape index (κ1) is 19.5. The predicted octanol–water partition coefficient (Wildman–Crippen LogP) is 3.41. The van der Waals surface area contributed by atoms with E-state index in [0.29, 0.717) is 34.4 Å². The Morgan fingerprint density at radius 1 is 1.36 bits per heavy atom. The molecule has 0 aliphatic rings. The average molecular weight is 406 g/mol. The van der Waals surface area contributed by atoms with E-state index in [1.54, 1.807) is 26.0 Å². The van der Waals surface area contributed by atoms with Crippen LogP contribution >= 0.6 is 11.3 Å². The molecule has 0 fully saturated rings. The number of pyridine rings is 1. The molecular formula is C17H13F3N6OS. The van der Waals surface area contributed by atoms with Crippen molar-refractivity contribution in [2.45, 2.75) is 26.1 Å². The first-order chi connectivity index (χ1) is 13.2. The molecule has 0 spiro atoms. The van der Waals surface area contributed by atoms with Gasteiger partial charge in [-0.25, -0.2) is 9.97 Å². The summed E-state index contributed by atoms with van der Waals surface area (Å²) in [6.07, 6.45) is -3.25. The number of hydrogen-bond donors (Lipinski definition) is 1. The zero-order chi connectivity index (χ0) is 20.5. The number of nitrogens with one attached hydrogen (secondary N) is 1. The van der Waals surface area contributed by atoms with Crippen molar-refractivity contribution in [1.82, 2.24) is 25.1 Å². The second kappa shape index (κ2) is 7.40. The Morgan fingerprint density at radius 2 is 2.11 bits per heavy atom. The highest BCUT2D eigenvalue weighted by atomic mass is 32.1. The second-order valence-corrected chi connectivity index (χ2v) is 6.72. The van der Waals surface area contributed by atoms with E-state index in [4.69, 9.17) is 5.26 Å². The average Bonchev–Trinajstić information content (AvgIpc) is 3.28. The SMILES string of the molecule is Cc1nc([C@H](C)NC(=O)c2sccc2C(F)(F)F)n(-c2ccc(C#N)cn2)n1. The Hall–Kier alpha value is -3.26. The maximum absolute atomic E-state index is 13.0. The number of nitriles is 1. The highest BCUT2D eigenvalue weighted by Gasteiger charge is 2.36. The van der Waals surface area contributed by atoms with Crippen LogP contribution in [0.1, 0.15) is 45.4 Å². The highest BCUT2D eigenvalue weighted by Crippen LogP contribution is 2.35. The lowest BCUT2D eigenvalue weighted by molar-refractivity contribution is -0.137. The molecule has 1 atom stereocenters. The molecule has 0 radical (unpaired) electrons. The molecule has 7 nitrogen and oxygen atoms in total. The summed E-state index contributed by atoms with van der Waals surface area (Å²) < 4.78 is 40.4. The Morgan fingerprint density at radius 3 is 2.71 bits per heavy atom. The lowest BCUT2D eigenvalue weighted by Crippen LogP contribution is -2.29. The third-order valence-corrected chi connectivity index (χ3v) is 4.66. The quantitative estimate of drug-likeness (QED) is 0.716. The molecule has 0 unspecified atom stereocenters. The largest absolute Gasteiger partial charge is 0.417 e. The number of carbonyl (C=O) groups is 1. The number of carbonyl (C=O) groups excluding carboxylic acids is 1. The van der Waals surface area contributed by atoms with E-state index in [2.05, 4.69) is 20.4 Å². The van der Waals surface area contributed by atoms with Gasteiger partial charge in [0.1, 0.15) is 16.8 Å². The monoisotopic (exact) mass is 406 g/mol. The molecule has 3 aromatic rings. The van der Waals surface area contributed by atoms with Gasteiger partial charge in [-0.3, -0.25) is 4.79 Å². The van der Waals surface area contributed by atoms with Crippen molar-refractivity contribution in [2.24, 2.45) is 0 Å². The van der Waals surface area contributed by atoms with Crippen LogP contribution < -0.4 is 5.32 Å². The molecule has 0 saturated heterocycles. The number of rotatable bonds is 4. The van der Waals surface area contributed by atoms with Crippen molar-refractivity contribution >= 4 is 17.2 Å². The number of aromatic nitrogens is 4. The second-order valence-electron chi connectivity index (χ2n) is 5.80.